The molecular formula is C18H28N2O3S. The molecule has 0 unspecified atom stereocenters. The number of likely N-dealkylation sites (tertiary alicyclic amines) is 1. The van der Waals surface area contributed by atoms with Crippen LogP contribution >= 0.6 is 0 Å². The third-order valence-corrected chi connectivity index (χ3v) is 5.77. The Kier molecular flexibility index (Phi) is 6.04. The van der Waals surface area contributed by atoms with Crippen molar-refractivity contribution in [1.82, 2.24) is 9.62 Å². The summed E-state index contributed by atoms with van der Waals surface area (Å²) >= 11 is 0. The fraction of sp³-hybridized carbons (Fsp3) is 0.611. The van der Waals surface area contributed by atoms with Crippen LogP contribution in [-0.2, 0) is 10.0 Å². The van der Waals surface area contributed by atoms with Crippen LogP contribution in [0.1, 0.15) is 63.2 Å². The maximum Gasteiger partial charge on any atom is 0.253 e. The van der Waals surface area contributed by atoms with Gasteiger partial charge in [-0.3, -0.25) is 4.79 Å². The molecule has 24 heavy (non-hydrogen) atoms. The monoisotopic (exact) mass is 352 g/mol. The van der Waals surface area contributed by atoms with Gasteiger partial charge in [0.25, 0.3) is 5.91 Å². The number of rotatable bonds is 3. The van der Waals surface area contributed by atoms with Gasteiger partial charge < -0.3 is 4.90 Å². The van der Waals surface area contributed by atoms with E-state index in [-0.39, 0.29) is 10.8 Å². The van der Waals surface area contributed by atoms with E-state index in [0.717, 1.165) is 25.9 Å². The minimum absolute atomic E-state index is 0.00960. The quantitative estimate of drug-likeness (QED) is 0.908. The third kappa shape index (κ3) is 5.31. The molecule has 0 saturated carbocycles. The van der Waals surface area contributed by atoms with Crippen molar-refractivity contribution in [2.45, 2.75) is 63.3 Å². The van der Waals surface area contributed by atoms with Crippen LogP contribution in [0, 0.1) is 0 Å². The van der Waals surface area contributed by atoms with Gasteiger partial charge in [-0.2, -0.15) is 0 Å². The Morgan fingerprint density at radius 3 is 1.96 bits per heavy atom. The van der Waals surface area contributed by atoms with Crippen LogP contribution in [-0.4, -0.2) is 37.9 Å². The van der Waals surface area contributed by atoms with Gasteiger partial charge in [-0.1, -0.05) is 19.3 Å². The largest absolute Gasteiger partial charge is 0.339 e. The molecule has 6 heteroatoms. The van der Waals surface area contributed by atoms with Crippen molar-refractivity contribution in [3.8, 4) is 0 Å². The fourth-order valence-corrected chi connectivity index (χ4v) is 4.29. The van der Waals surface area contributed by atoms with Crippen molar-refractivity contribution >= 4 is 15.9 Å². The Hall–Kier alpha value is -1.40. The molecule has 0 aliphatic carbocycles. The summed E-state index contributed by atoms with van der Waals surface area (Å²) in [5, 5.41) is 0. The first kappa shape index (κ1) is 18.9. The first-order chi connectivity index (χ1) is 11.2. The first-order valence-corrected chi connectivity index (χ1v) is 10.1. The van der Waals surface area contributed by atoms with Crippen molar-refractivity contribution in [3.63, 3.8) is 0 Å². The molecule has 1 heterocycles. The topological polar surface area (TPSA) is 66.5 Å². The lowest BCUT2D eigenvalue weighted by molar-refractivity contribution is 0.0742. The smallest absolute Gasteiger partial charge is 0.253 e. The normalized spacial score (nSPS) is 17.2. The van der Waals surface area contributed by atoms with Gasteiger partial charge in [0, 0.05) is 24.2 Å². The van der Waals surface area contributed by atoms with Gasteiger partial charge in [0.15, 0.2) is 0 Å². The predicted molar refractivity (Wildman–Crippen MR) is 95.5 cm³/mol. The van der Waals surface area contributed by atoms with Crippen molar-refractivity contribution in [1.29, 1.82) is 0 Å². The highest BCUT2D eigenvalue weighted by atomic mass is 32.2. The molecule has 1 amide bonds. The van der Waals surface area contributed by atoms with Gasteiger partial charge in [0.1, 0.15) is 0 Å². The lowest BCUT2D eigenvalue weighted by atomic mass is 10.1. The van der Waals surface area contributed by atoms with Crippen LogP contribution in [0.25, 0.3) is 0 Å². The van der Waals surface area contributed by atoms with Crippen molar-refractivity contribution < 1.29 is 13.2 Å². The molecule has 0 bridgehead atoms. The number of hydrogen-bond donors (Lipinski definition) is 1. The molecule has 0 spiro atoms. The Labute approximate surface area is 145 Å². The molecule has 1 aliphatic heterocycles. The van der Waals surface area contributed by atoms with Crippen LogP contribution in [0.5, 0.6) is 0 Å². The summed E-state index contributed by atoms with van der Waals surface area (Å²) < 4.78 is 27.2. The molecule has 0 aromatic heterocycles. The highest BCUT2D eigenvalue weighted by Gasteiger charge is 2.23. The fourth-order valence-electron chi connectivity index (χ4n) is 2.87. The maximum absolute atomic E-state index is 12.6. The molecule has 5 nitrogen and oxygen atoms in total. The van der Waals surface area contributed by atoms with E-state index in [1.165, 1.54) is 31.4 Å². The minimum atomic E-state index is -3.57. The summed E-state index contributed by atoms with van der Waals surface area (Å²) in [6, 6.07) is 6.23. The van der Waals surface area contributed by atoms with Crippen LogP contribution in [0.15, 0.2) is 29.2 Å². The van der Waals surface area contributed by atoms with Crippen LogP contribution in [0.2, 0.25) is 0 Å². The number of hydrogen-bond acceptors (Lipinski definition) is 3. The second-order valence-corrected chi connectivity index (χ2v) is 9.12. The highest BCUT2D eigenvalue weighted by molar-refractivity contribution is 7.89. The number of carbonyl (C=O) groups excluding carboxylic acids is 1. The van der Waals surface area contributed by atoms with Crippen molar-refractivity contribution in [2.75, 3.05) is 13.1 Å². The Bertz CT molecular complexity index is 652. The zero-order chi connectivity index (χ0) is 17.8. The molecule has 1 aliphatic rings. The Balaban J connectivity index is 2.12. The van der Waals surface area contributed by atoms with E-state index in [1.54, 1.807) is 32.9 Å². The van der Waals surface area contributed by atoms with E-state index in [2.05, 4.69) is 4.72 Å². The minimum Gasteiger partial charge on any atom is -0.339 e. The summed E-state index contributed by atoms with van der Waals surface area (Å²) in [5.74, 6) is -0.00960. The average molecular weight is 353 g/mol. The van der Waals surface area contributed by atoms with Gasteiger partial charge >= 0.3 is 0 Å². The summed E-state index contributed by atoms with van der Waals surface area (Å²) in [7, 11) is -3.57. The third-order valence-electron chi connectivity index (χ3n) is 4.00. The SMILES string of the molecule is CC(C)(C)NS(=O)(=O)c1ccc(C(=O)N2CCCCCCC2)cc1. The number of nitrogens with zero attached hydrogens (tertiary/aromatic N) is 1. The van der Waals surface area contributed by atoms with E-state index in [9.17, 15) is 13.2 Å². The molecule has 1 saturated heterocycles. The van der Waals surface area contributed by atoms with Crippen molar-refractivity contribution in [3.05, 3.63) is 29.8 Å². The Morgan fingerprint density at radius 2 is 1.46 bits per heavy atom. The maximum atomic E-state index is 12.6. The lowest BCUT2D eigenvalue weighted by Gasteiger charge is -2.25. The molecule has 2 rings (SSSR count). The van der Waals surface area contributed by atoms with Gasteiger partial charge in [-0.15, -0.1) is 0 Å². The summed E-state index contributed by atoms with van der Waals surface area (Å²) in [4.78, 5) is 14.7. The van der Waals surface area contributed by atoms with E-state index in [0.29, 0.717) is 5.56 Å². The average Bonchev–Trinajstić information content (AvgIpc) is 2.44. The number of nitrogens with one attached hydrogen (secondary N) is 1. The second-order valence-electron chi connectivity index (χ2n) is 7.44. The summed E-state index contributed by atoms with van der Waals surface area (Å²) in [5.41, 5.74) is 0.00279. The van der Waals surface area contributed by atoms with Gasteiger partial charge in [-0.25, -0.2) is 13.1 Å². The standard InChI is InChI=1S/C18H28N2O3S/c1-18(2,3)19-24(22,23)16-11-9-15(10-12-16)17(21)20-13-7-5-4-6-8-14-20/h9-12,19H,4-8,13-14H2,1-3H3. The molecule has 1 aromatic carbocycles. The van der Waals surface area contributed by atoms with Crippen LogP contribution < -0.4 is 4.72 Å². The van der Waals surface area contributed by atoms with Crippen LogP contribution in [0.3, 0.4) is 0 Å². The molecule has 1 fully saturated rings. The summed E-state index contributed by atoms with van der Waals surface area (Å²) in [6.07, 6.45) is 5.65. The van der Waals surface area contributed by atoms with E-state index < -0.39 is 15.6 Å². The molecule has 1 aromatic rings. The van der Waals surface area contributed by atoms with Crippen LogP contribution in [0.4, 0.5) is 0 Å². The lowest BCUT2D eigenvalue weighted by Crippen LogP contribution is -2.40. The Morgan fingerprint density at radius 1 is 0.958 bits per heavy atom. The molecule has 1 N–H and O–H groups in total. The molecular weight excluding hydrogens is 324 g/mol. The van der Waals surface area contributed by atoms with Crippen molar-refractivity contribution in [2.24, 2.45) is 0 Å². The highest BCUT2D eigenvalue weighted by Crippen LogP contribution is 2.17. The number of sulfonamides is 1. The summed E-state index contributed by atoms with van der Waals surface area (Å²) in [6.45, 7) is 6.95. The molecule has 0 radical (unpaired) electrons. The zero-order valence-electron chi connectivity index (χ0n) is 14.8. The van der Waals surface area contributed by atoms with E-state index in [1.807, 2.05) is 4.90 Å². The first-order valence-electron chi connectivity index (χ1n) is 8.62. The molecule has 0 atom stereocenters. The van der Waals surface area contributed by atoms with E-state index >= 15 is 0 Å². The van der Waals surface area contributed by atoms with Gasteiger partial charge in [0.05, 0.1) is 4.90 Å². The van der Waals surface area contributed by atoms with E-state index in [4.69, 9.17) is 0 Å². The molecule has 134 valence electrons. The number of carbonyl (C=O) groups is 1. The van der Waals surface area contributed by atoms with Gasteiger partial charge in [-0.05, 0) is 57.9 Å². The number of benzene rings is 1. The number of amides is 1. The van der Waals surface area contributed by atoms with Gasteiger partial charge in [0.2, 0.25) is 10.0 Å². The second kappa shape index (κ2) is 7.66. The zero-order valence-corrected chi connectivity index (χ0v) is 15.7. The predicted octanol–water partition coefficient (Wildman–Crippen LogP) is 3.17.